The summed E-state index contributed by atoms with van der Waals surface area (Å²) in [6.07, 6.45) is 7.88. The lowest BCUT2D eigenvalue weighted by Crippen LogP contribution is -2.22. The summed E-state index contributed by atoms with van der Waals surface area (Å²) in [6, 6.07) is 12.5. The van der Waals surface area contributed by atoms with Crippen LogP contribution < -0.4 is 10.1 Å². The second kappa shape index (κ2) is 8.70. The van der Waals surface area contributed by atoms with Crippen molar-refractivity contribution >= 4 is 17.7 Å². The van der Waals surface area contributed by atoms with Crippen molar-refractivity contribution in [3.63, 3.8) is 0 Å². The summed E-state index contributed by atoms with van der Waals surface area (Å²) in [5.41, 5.74) is 5.69. The number of benzene rings is 2. The van der Waals surface area contributed by atoms with Gasteiger partial charge in [0, 0.05) is 18.2 Å². The van der Waals surface area contributed by atoms with E-state index in [1.54, 1.807) is 13.3 Å². The number of ketones is 1. The predicted octanol–water partition coefficient (Wildman–Crippen LogP) is 4.63. The molecule has 4 rings (SSSR count). The Morgan fingerprint density at radius 1 is 1.21 bits per heavy atom. The molecule has 2 aliphatic rings. The van der Waals surface area contributed by atoms with Crippen molar-refractivity contribution in [1.82, 2.24) is 5.32 Å². The van der Waals surface area contributed by atoms with Gasteiger partial charge < -0.3 is 10.1 Å². The second-order valence-electron chi connectivity index (χ2n) is 7.70. The standard InChI is InChI=1S/C24H28N2O2/c1-28-24-7-3-5-19-18(4-2-6-20(19)24)11-14-25-13-10-17-8-9-21-22(16-17)26-15-12-23(21)27/h3,5,7-9,15-16,18,25H,2,4,6,10-14H2,1H3. The van der Waals surface area contributed by atoms with E-state index in [4.69, 9.17) is 4.74 Å². The van der Waals surface area contributed by atoms with Gasteiger partial charge in [-0.05, 0) is 86.0 Å². The summed E-state index contributed by atoms with van der Waals surface area (Å²) in [5, 5.41) is 3.59. The van der Waals surface area contributed by atoms with Gasteiger partial charge in [-0.3, -0.25) is 9.79 Å². The van der Waals surface area contributed by atoms with Crippen LogP contribution in [0.3, 0.4) is 0 Å². The Labute approximate surface area is 167 Å². The molecule has 0 aromatic heterocycles. The maximum absolute atomic E-state index is 11.9. The van der Waals surface area contributed by atoms with E-state index in [2.05, 4.69) is 34.6 Å². The minimum absolute atomic E-state index is 0.166. The summed E-state index contributed by atoms with van der Waals surface area (Å²) in [6.45, 7) is 1.96. The predicted molar refractivity (Wildman–Crippen MR) is 113 cm³/mol. The zero-order valence-electron chi connectivity index (χ0n) is 16.5. The van der Waals surface area contributed by atoms with E-state index in [0.717, 1.165) is 49.4 Å². The van der Waals surface area contributed by atoms with E-state index in [1.165, 1.54) is 29.5 Å². The highest BCUT2D eigenvalue weighted by Gasteiger charge is 2.22. The molecule has 146 valence electrons. The van der Waals surface area contributed by atoms with Crippen LogP contribution in [0.2, 0.25) is 0 Å². The molecule has 0 fully saturated rings. The van der Waals surface area contributed by atoms with Crippen LogP contribution >= 0.6 is 0 Å². The number of carbonyl (C=O) groups excluding carboxylic acids is 1. The summed E-state index contributed by atoms with van der Waals surface area (Å²) in [7, 11) is 1.77. The van der Waals surface area contributed by atoms with Crippen LogP contribution in [0.15, 0.2) is 41.4 Å². The lowest BCUT2D eigenvalue weighted by atomic mass is 9.80. The Morgan fingerprint density at radius 2 is 2.14 bits per heavy atom. The Balaban J connectivity index is 1.28. The summed E-state index contributed by atoms with van der Waals surface area (Å²) in [4.78, 5) is 16.2. The Kier molecular flexibility index (Phi) is 5.87. The van der Waals surface area contributed by atoms with Crippen molar-refractivity contribution in [2.45, 2.75) is 44.4 Å². The van der Waals surface area contributed by atoms with Gasteiger partial charge in [0.05, 0.1) is 12.8 Å². The number of carbonyl (C=O) groups is 1. The molecule has 0 spiro atoms. The lowest BCUT2D eigenvalue weighted by molar-refractivity contribution is 0.100. The van der Waals surface area contributed by atoms with Crippen molar-refractivity contribution in [3.05, 3.63) is 58.7 Å². The molecule has 0 amide bonds. The Hall–Kier alpha value is -2.46. The molecule has 1 aliphatic heterocycles. The molecule has 4 heteroatoms. The van der Waals surface area contributed by atoms with E-state index < -0.39 is 0 Å². The molecule has 1 atom stereocenters. The van der Waals surface area contributed by atoms with Gasteiger partial charge in [0.2, 0.25) is 0 Å². The van der Waals surface area contributed by atoms with Crippen LogP contribution in [0.25, 0.3) is 0 Å². The maximum Gasteiger partial charge on any atom is 0.170 e. The Morgan fingerprint density at radius 3 is 3.04 bits per heavy atom. The van der Waals surface area contributed by atoms with Crippen LogP contribution in [-0.2, 0) is 12.8 Å². The molecule has 4 nitrogen and oxygen atoms in total. The SMILES string of the molecule is COc1cccc2c1CCCC2CCNCCc1ccc2c(c1)N=CCC2=O. The number of aliphatic imine (C=N–C) groups is 1. The smallest absolute Gasteiger partial charge is 0.170 e. The van der Waals surface area contributed by atoms with E-state index in [-0.39, 0.29) is 5.78 Å². The van der Waals surface area contributed by atoms with Crippen LogP contribution in [0.4, 0.5) is 5.69 Å². The first-order valence-electron chi connectivity index (χ1n) is 10.3. The number of fused-ring (bicyclic) bond motifs is 2. The highest BCUT2D eigenvalue weighted by atomic mass is 16.5. The third-order valence-electron chi connectivity index (χ3n) is 5.94. The second-order valence-corrected chi connectivity index (χ2v) is 7.70. The first-order chi connectivity index (χ1) is 13.8. The van der Waals surface area contributed by atoms with Crippen molar-refractivity contribution in [2.24, 2.45) is 4.99 Å². The van der Waals surface area contributed by atoms with Gasteiger partial charge in [-0.2, -0.15) is 0 Å². The zero-order chi connectivity index (χ0) is 19.3. The third-order valence-corrected chi connectivity index (χ3v) is 5.94. The molecule has 1 heterocycles. The molecule has 0 saturated heterocycles. The van der Waals surface area contributed by atoms with Gasteiger partial charge >= 0.3 is 0 Å². The van der Waals surface area contributed by atoms with Gasteiger partial charge in [-0.1, -0.05) is 18.2 Å². The first kappa shape index (κ1) is 18.9. The van der Waals surface area contributed by atoms with Crippen molar-refractivity contribution in [3.8, 4) is 5.75 Å². The topological polar surface area (TPSA) is 50.7 Å². The number of methoxy groups -OCH3 is 1. The Bertz CT molecular complexity index is 888. The number of nitrogens with one attached hydrogen (secondary N) is 1. The number of Topliss-reactive ketones (excluding diaryl/α,β-unsaturated/α-hetero) is 1. The van der Waals surface area contributed by atoms with Gasteiger partial charge in [0.25, 0.3) is 0 Å². The number of hydrogen-bond donors (Lipinski definition) is 1. The fraction of sp³-hybridized carbons (Fsp3) is 0.417. The van der Waals surface area contributed by atoms with E-state index in [9.17, 15) is 4.79 Å². The number of rotatable bonds is 7. The molecule has 2 aromatic carbocycles. The summed E-state index contributed by atoms with van der Waals surface area (Å²) in [5.74, 6) is 1.83. The van der Waals surface area contributed by atoms with E-state index >= 15 is 0 Å². The minimum Gasteiger partial charge on any atom is -0.496 e. The average Bonchev–Trinajstić information content (AvgIpc) is 2.73. The van der Waals surface area contributed by atoms with Crippen molar-refractivity contribution in [1.29, 1.82) is 0 Å². The fourth-order valence-electron chi connectivity index (χ4n) is 4.45. The van der Waals surface area contributed by atoms with Crippen molar-refractivity contribution in [2.75, 3.05) is 20.2 Å². The molecule has 2 aromatic rings. The van der Waals surface area contributed by atoms with Crippen LogP contribution in [0.5, 0.6) is 5.75 Å². The minimum atomic E-state index is 0.166. The highest BCUT2D eigenvalue weighted by Crippen LogP contribution is 2.38. The molecule has 1 aliphatic carbocycles. The lowest BCUT2D eigenvalue weighted by Gasteiger charge is -2.27. The number of hydrogen-bond acceptors (Lipinski definition) is 4. The molecule has 0 saturated carbocycles. The van der Waals surface area contributed by atoms with Crippen LogP contribution in [-0.4, -0.2) is 32.2 Å². The van der Waals surface area contributed by atoms with Crippen molar-refractivity contribution < 1.29 is 9.53 Å². The van der Waals surface area contributed by atoms with Gasteiger partial charge in [0.1, 0.15) is 5.75 Å². The van der Waals surface area contributed by atoms with E-state index in [1.807, 2.05) is 12.1 Å². The third kappa shape index (κ3) is 4.02. The molecule has 0 bridgehead atoms. The van der Waals surface area contributed by atoms with Crippen LogP contribution in [0, 0.1) is 0 Å². The van der Waals surface area contributed by atoms with Crippen LogP contribution in [0.1, 0.15) is 58.6 Å². The quantitative estimate of drug-likeness (QED) is 0.717. The molecular formula is C24H28N2O2. The molecule has 1 N–H and O–H groups in total. The molecule has 0 radical (unpaired) electrons. The van der Waals surface area contributed by atoms with Gasteiger partial charge in [0.15, 0.2) is 5.78 Å². The highest BCUT2D eigenvalue weighted by molar-refractivity contribution is 6.10. The van der Waals surface area contributed by atoms with Gasteiger partial charge in [-0.25, -0.2) is 0 Å². The summed E-state index contributed by atoms with van der Waals surface area (Å²) >= 11 is 0. The average molecular weight is 377 g/mol. The summed E-state index contributed by atoms with van der Waals surface area (Å²) < 4.78 is 5.55. The molecule has 1 unspecified atom stereocenters. The first-order valence-corrected chi connectivity index (χ1v) is 10.3. The monoisotopic (exact) mass is 376 g/mol. The fourth-order valence-corrected chi connectivity index (χ4v) is 4.45. The van der Waals surface area contributed by atoms with Gasteiger partial charge in [-0.15, -0.1) is 0 Å². The number of ether oxygens (including phenoxy) is 1. The normalized spacial score (nSPS) is 17.9. The zero-order valence-corrected chi connectivity index (χ0v) is 16.5. The largest absolute Gasteiger partial charge is 0.496 e. The molecular weight excluding hydrogens is 348 g/mol. The van der Waals surface area contributed by atoms with E-state index in [0.29, 0.717) is 12.3 Å². The number of nitrogens with zero attached hydrogens (tertiary/aromatic N) is 1. The molecule has 28 heavy (non-hydrogen) atoms. The maximum atomic E-state index is 11.9.